The van der Waals surface area contributed by atoms with E-state index in [9.17, 15) is 9.59 Å². The standard InChI is InChI=1S/C29H34N4O3S/c1-7-32(8-2)23-14-10-20(11-15-23)18-24-27(34)33-26(21-12-16-22(17-13-21)31(5)6)25(28(35)36-9-3)19(4)30-29(33)37-24/h10-18,26H,7-9H2,1-6H3/b24-18+/t26-/m0/s1. The molecular formula is C29H34N4O3S. The van der Waals surface area contributed by atoms with Crippen LogP contribution in [0.2, 0.25) is 0 Å². The zero-order valence-corrected chi connectivity index (χ0v) is 23.1. The van der Waals surface area contributed by atoms with E-state index in [0.29, 0.717) is 20.6 Å². The summed E-state index contributed by atoms with van der Waals surface area (Å²) in [4.78, 5) is 36.3. The van der Waals surface area contributed by atoms with Crippen molar-refractivity contribution >= 4 is 34.8 Å². The Morgan fingerprint density at radius 3 is 2.22 bits per heavy atom. The van der Waals surface area contributed by atoms with Crippen LogP contribution in [0.25, 0.3) is 6.08 Å². The number of carbonyl (C=O) groups is 1. The maximum atomic E-state index is 13.8. The molecule has 2 aromatic carbocycles. The number of esters is 1. The molecule has 1 aromatic heterocycles. The normalized spacial score (nSPS) is 15.3. The van der Waals surface area contributed by atoms with Gasteiger partial charge in [0.05, 0.1) is 28.5 Å². The molecule has 4 rings (SSSR count). The van der Waals surface area contributed by atoms with Crippen LogP contribution in [0.4, 0.5) is 11.4 Å². The number of thiazole rings is 1. The molecule has 0 unspecified atom stereocenters. The molecule has 1 aliphatic rings. The Labute approximate surface area is 221 Å². The van der Waals surface area contributed by atoms with Crippen molar-refractivity contribution in [2.45, 2.75) is 33.7 Å². The van der Waals surface area contributed by atoms with Gasteiger partial charge in [-0.3, -0.25) is 9.36 Å². The van der Waals surface area contributed by atoms with Gasteiger partial charge in [0.25, 0.3) is 5.56 Å². The molecule has 0 fully saturated rings. The lowest BCUT2D eigenvalue weighted by molar-refractivity contribution is -0.139. The number of fused-ring (bicyclic) bond motifs is 1. The summed E-state index contributed by atoms with van der Waals surface area (Å²) in [6.45, 7) is 9.96. The van der Waals surface area contributed by atoms with Gasteiger partial charge in [-0.1, -0.05) is 35.6 Å². The van der Waals surface area contributed by atoms with Crippen LogP contribution in [-0.2, 0) is 9.53 Å². The Balaban J connectivity index is 1.84. The van der Waals surface area contributed by atoms with Gasteiger partial charge in [-0.15, -0.1) is 0 Å². The molecule has 8 heteroatoms. The molecule has 0 amide bonds. The zero-order valence-electron chi connectivity index (χ0n) is 22.3. The number of aromatic nitrogens is 1. The Morgan fingerprint density at radius 1 is 1.03 bits per heavy atom. The van der Waals surface area contributed by atoms with Crippen LogP contribution in [0.1, 0.15) is 44.9 Å². The summed E-state index contributed by atoms with van der Waals surface area (Å²) in [7, 11) is 3.95. The Hall–Kier alpha value is -3.65. The molecule has 0 aliphatic carbocycles. The lowest BCUT2D eigenvalue weighted by Gasteiger charge is -2.25. The summed E-state index contributed by atoms with van der Waals surface area (Å²) >= 11 is 1.34. The Kier molecular flexibility index (Phi) is 7.97. The predicted octanol–water partition coefficient (Wildman–Crippen LogP) is 3.71. The van der Waals surface area contributed by atoms with Crippen molar-refractivity contribution in [2.24, 2.45) is 4.99 Å². The highest BCUT2D eigenvalue weighted by Crippen LogP contribution is 2.31. The van der Waals surface area contributed by atoms with Gasteiger partial charge in [0.1, 0.15) is 0 Å². The van der Waals surface area contributed by atoms with Crippen LogP contribution in [0, 0.1) is 0 Å². The van der Waals surface area contributed by atoms with Gasteiger partial charge in [-0.25, -0.2) is 9.79 Å². The van der Waals surface area contributed by atoms with Crippen LogP contribution in [0.3, 0.4) is 0 Å². The van der Waals surface area contributed by atoms with E-state index in [1.54, 1.807) is 18.4 Å². The van der Waals surface area contributed by atoms with Gasteiger partial charge < -0.3 is 14.5 Å². The van der Waals surface area contributed by atoms with Gasteiger partial charge >= 0.3 is 5.97 Å². The second-order valence-electron chi connectivity index (χ2n) is 9.05. The number of benzene rings is 2. The van der Waals surface area contributed by atoms with E-state index in [4.69, 9.17) is 4.74 Å². The van der Waals surface area contributed by atoms with Crippen molar-refractivity contribution in [1.29, 1.82) is 0 Å². The Bertz CT molecular complexity index is 1480. The number of hydrogen-bond acceptors (Lipinski definition) is 7. The third kappa shape index (κ3) is 5.25. The molecule has 1 atom stereocenters. The molecule has 0 saturated carbocycles. The summed E-state index contributed by atoms with van der Waals surface area (Å²) in [5, 5.41) is 0. The molecule has 0 radical (unpaired) electrons. The minimum atomic E-state index is -0.612. The highest BCUT2D eigenvalue weighted by molar-refractivity contribution is 7.07. The van der Waals surface area contributed by atoms with E-state index >= 15 is 0 Å². The van der Waals surface area contributed by atoms with Gasteiger partial charge in [0, 0.05) is 38.6 Å². The maximum Gasteiger partial charge on any atom is 0.338 e. The van der Waals surface area contributed by atoms with Crippen molar-refractivity contribution in [2.75, 3.05) is 43.6 Å². The van der Waals surface area contributed by atoms with Crippen molar-refractivity contribution in [1.82, 2.24) is 4.57 Å². The number of anilines is 2. The monoisotopic (exact) mass is 518 g/mol. The van der Waals surface area contributed by atoms with Crippen LogP contribution in [-0.4, -0.2) is 44.3 Å². The van der Waals surface area contributed by atoms with Crippen LogP contribution in [0.15, 0.2) is 69.6 Å². The summed E-state index contributed by atoms with van der Waals surface area (Å²) < 4.78 is 7.58. The second kappa shape index (κ2) is 11.2. The highest BCUT2D eigenvalue weighted by Gasteiger charge is 2.33. The van der Waals surface area contributed by atoms with E-state index in [-0.39, 0.29) is 12.2 Å². The van der Waals surface area contributed by atoms with Crippen LogP contribution < -0.4 is 24.7 Å². The van der Waals surface area contributed by atoms with Crippen LogP contribution >= 0.6 is 11.3 Å². The molecule has 0 spiro atoms. The summed E-state index contributed by atoms with van der Waals surface area (Å²) in [6, 6.07) is 15.5. The number of carbonyl (C=O) groups excluding carboxylic acids is 1. The van der Waals surface area contributed by atoms with Gasteiger partial charge in [-0.05, 0) is 69.2 Å². The molecule has 2 heterocycles. The number of nitrogens with zero attached hydrogens (tertiary/aromatic N) is 4. The van der Waals surface area contributed by atoms with Gasteiger partial charge in [0.2, 0.25) is 0 Å². The van der Waals surface area contributed by atoms with Gasteiger partial charge in [-0.2, -0.15) is 0 Å². The van der Waals surface area contributed by atoms with E-state index in [2.05, 4.69) is 35.9 Å². The minimum absolute atomic E-state index is 0.174. The molecule has 7 nitrogen and oxygen atoms in total. The van der Waals surface area contributed by atoms with E-state index in [1.807, 2.05) is 61.5 Å². The van der Waals surface area contributed by atoms with Crippen molar-refractivity contribution in [3.05, 3.63) is 90.6 Å². The topological polar surface area (TPSA) is 67.1 Å². The quantitative estimate of drug-likeness (QED) is 0.426. The molecule has 0 bridgehead atoms. The predicted molar refractivity (Wildman–Crippen MR) is 151 cm³/mol. The first kappa shape index (κ1) is 26.4. The molecule has 3 aromatic rings. The van der Waals surface area contributed by atoms with E-state index in [0.717, 1.165) is 35.6 Å². The Morgan fingerprint density at radius 2 is 1.65 bits per heavy atom. The first-order valence-corrected chi connectivity index (χ1v) is 13.4. The van der Waals surface area contributed by atoms with Crippen molar-refractivity contribution in [3.63, 3.8) is 0 Å². The third-order valence-corrected chi connectivity index (χ3v) is 7.54. The fourth-order valence-corrected chi connectivity index (χ4v) is 5.63. The summed E-state index contributed by atoms with van der Waals surface area (Å²) in [6.07, 6.45) is 1.89. The minimum Gasteiger partial charge on any atom is -0.463 e. The van der Waals surface area contributed by atoms with Crippen LogP contribution in [0.5, 0.6) is 0 Å². The second-order valence-corrected chi connectivity index (χ2v) is 10.1. The lowest BCUT2D eigenvalue weighted by atomic mass is 9.95. The van der Waals surface area contributed by atoms with E-state index in [1.165, 1.54) is 11.3 Å². The SMILES string of the molecule is CCOC(=O)C1=C(C)N=c2s/c(=C/c3ccc(N(CC)CC)cc3)c(=O)n2[C@H]1c1ccc(N(C)C)cc1. The van der Waals surface area contributed by atoms with Crippen molar-refractivity contribution in [3.8, 4) is 0 Å². The third-order valence-electron chi connectivity index (χ3n) is 6.56. The number of allylic oxidation sites excluding steroid dienone is 1. The first-order chi connectivity index (χ1) is 17.8. The number of rotatable bonds is 8. The fraction of sp³-hybridized carbons (Fsp3) is 0.345. The van der Waals surface area contributed by atoms with E-state index < -0.39 is 12.0 Å². The molecule has 194 valence electrons. The number of hydrogen-bond donors (Lipinski definition) is 0. The molecular weight excluding hydrogens is 484 g/mol. The average Bonchev–Trinajstić information content (AvgIpc) is 3.19. The smallest absolute Gasteiger partial charge is 0.338 e. The lowest BCUT2D eigenvalue weighted by Crippen LogP contribution is -2.39. The summed E-state index contributed by atoms with van der Waals surface area (Å²) in [5.74, 6) is -0.452. The number of ether oxygens (including phenoxy) is 1. The first-order valence-electron chi connectivity index (χ1n) is 12.6. The molecule has 0 N–H and O–H groups in total. The molecule has 1 aliphatic heterocycles. The fourth-order valence-electron chi connectivity index (χ4n) is 4.58. The molecule has 37 heavy (non-hydrogen) atoms. The molecule has 0 saturated heterocycles. The summed E-state index contributed by atoms with van der Waals surface area (Å²) in [5.41, 5.74) is 4.74. The highest BCUT2D eigenvalue weighted by atomic mass is 32.1. The van der Waals surface area contributed by atoms with Gasteiger partial charge in [0.15, 0.2) is 4.80 Å². The van der Waals surface area contributed by atoms with Crippen molar-refractivity contribution < 1.29 is 9.53 Å². The maximum absolute atomic E-state index is 13.8. The average molecular weight is 519 g/mol. The largest absolute Gasteiger partial charge is 0.463 e. The zero-order chi connectivity index (χ0) is 26.7.